The van der Waals surface area contributed by atoms with E-state index in [2.05, 4.69) is 24.3 Å². The Morgan fingerprint density at radius 1 is 1.47 bits per heavy atom. The zero-order chi connectivity index (χ0) is 12.8. The molecule has 0 radical (unpaired) electrons. The van der Waals surface area contributed by atoms with Gasteiger partial charge in [-0.25, -0.2) is 0 Å². The minimum absolute atomic E-state index is 0.0836. The molecule has 2 unspecified atom stereocenters. The van der Waals surface area contributed by atoms with Crippen molar-refractivity contribution in [3.63, 3.8) is 0 Å². The van der Waals surface area contributed by atoms with E-state index in [9.17, 15) is 0 Å². The van der Waals surface area contributed by atoms with E-state index in [1.807, 2.05) is 36.9 Å². The molecule has 0 aliphatic rings. The predicted octanol–water partition coefficient (Wildman–Crippen LogP) is 3.02. The summed E-state index contributed by atoms with van der Waals surface area (Å²) < 4.78 is 0. The summed E-state index contributed by atoms with van der Waals surface area (Å²) in [6.07, 6.45) is 2.12. The molecule has 1 rings (SSSR count). The third kappa shape index (κ3) is 4.51. The highest BCUT2D eigenvalue weighted by atomic mass is 35.5. The fraction of sp³-hybridized carbons (Fsp3) is 0.538. The fourth-order valence-corrected chi connectivity index (χ4v) is 2.69. The van der Waals surface area contributed by atoms with Crippen molar-refractivity contribution in [2.24, 2.45) is 5.73 Å². The van der Waals surface area contributed by atoms with Crippen molar-refractivity contribution in [1.29, 1.82) is 0 Å². The lowest BCUT2D eigenvalue weighted by Crippen LogP contribution is -2.38. The summed E-state index contributed by atoms with van der Waals surface area (Å²) in [4.78, 5) is 2.30. The summed E-state index contributed by atoms with van der Waals surface area (Å²) in [7, 11) is 2.12. The summed E-state index contributed by atoms with van der Waals surface area (Å²) in [5, 5.41) is 0.770. The third-order valence-electron chi connectivity index (χ3n) is 2.81. The zero-order valence-corrected chi connectivity index (χ0v) is 12.3. The number of rotatable bonds is 6. The Morgan fingerprint density at radius 2 is 2.18 bits per heavy atom. The van der Waals surface area contributed by atoms with Crippen LogP contribution in [0, 0.1) is 0 Å². The molecule has 17 heavy (non-hydrogen) atoms. The summed E-state index contributed by atoms with van der Waals surface area (Å²) in [6, 6.07) is 8.28. The van der Waals surface area contributed by atoms with Crippen molar-refractivity contribution in [3.05, 3.63) is 34.9 Å². The molecule has 0 heterocycles. The minimum Gasteiger partial charge on any atom is -0.326 e. The highest BCUT2D eigenvalue weighted by Crippen LogP contribution is 2.24. The maximum atomic E-state index is 6.10. The van der Waals surface area contributed by atoms with Gasteiger partial charge >= 0.3 is 0 Å². The monoisotopic (exact) mass is 272 g/mol. The smallest absolute Gasteiger partial charge is 0.0494 e. The van der Waals surface area contributed by atoms with Crippen molar-refractivity contribution in [2.45, 2.75) is 19.0 Å². The second-order valence-corrected chi connectivity index (χ2v) is 5.75. The van der Waals surface area contributed by atoms with Gasteiger partial charge in [0.15, 0.2) is 0 Å². The van der Waals surface area contributed by atoms with Crippen molar-refractivity contribution in [1.82, 2.24) is 4.90 Å². The maximum Gasteiger partial charge on any atom is 0.0494 e. The van der Waals surface area contributed by atoms with Crippen molar-refractivity contribution in [3.8, 4) is 0 Å². The van der Waals surface area contributed by atoms with Crippen LogP contribution in [0.3, 0.4) is 0 Å². The highest BCUT2D eigenvalue weighted by Gasteiger charge is 2.20. The second-order valence-electron chi connectivity index (χ2n) is 4.33. The molecule has 0 aliphatic heterocycles. The molecule has 0 aromatic heterocycles. The molecule has 0 saturated heterocycles. The topological polar surface area (TPSA) is 29.3 Å². The van der Waals surface area contributed by atoms with Crippen LogP contribution in [-0.2, 0) is 0 Å². The van der Waals surface area contributed by atoms with Gasteiger partial charge in [0.2, 0.25) is 0 Å². The molecule has 0 amide bonds. The molecular formula is C13H21ClN2S. The van der Waals surface area contributed by atoms with Gasteiger partial charge in [-0.05, 0) is 37.9 Å². The second kappa shape index (κ2) is 7.27. The Kier molecular flexibility index (Phi) is 6.34. The Morgan fingerprint density at radius 3 is 2.71 bits per heavy atom. The number of halogens is 1. The number of nitrogens with zero attached hydrogens (tertiary/aromatic N) is 1. The normalized spacial score (nSPS) is 14.9. The van der Waals surface area contributed by atoms with Crippen LogP contribution >= 0.6 is 23.4 Å². The Hall–Kier alpha value is -0.220. The van der Waals surface area contributed by atoms with Gasteiger partial charge in [-0.15, -0.1) is 0 Å². The van der Waals surface area contributed by atoms with E-state index in [-0.39, 0.29) is 12.1 Å². The molecule has 96 valence electrons. The van der Waals surface area contributed by atoms with Gasteiger partial charge < -0.3 is 5.73 Å². The number of hydrogen-bond donors (Lipinski definition) is 1. The SMILES string of the molecule is CSCCN(C)C(c1cccc(Cl)c1)C(C)N. The minimum atomic E-state index is 0.0836. The molecule has 0 spiro atoms. The van der Waals surface area contributed by atoms with Gasteiger partial charge in [0.1, 0.15) is 0 Å². The summed E-state index contributed by atoms with van der Waals surface area (Å²) >= 11 is 7.89. The largest absolute Gasteiger partial charge is 0.326 e. The van der Waals surface area contributed by atoms with Gasteiger partial charge in [-0.1, -0.05) is 23.7 Å². The van der Waals surface area contributed by atoms with Crippen molar-refractivity contribution < 1.29 is 0 Å². The molecule has 0 fully saturated rings. The van der Waals surface area contributed by atoms with Crippen LogP contribution < -0.4 is 5.73 Å². The van der Waals surface area contributed by atoms with Crippen LogP contribution in [0.15, 0.2) is 24.3 Å². The van der Waals surface area contributed by atoms with E-state index in [0.717, 1.165) is 17.3 Å². The Labute approximate surface area is 114 Å². The molecule has 1 aromatic rings. The van der Waals surface area contributed by atoms with Crippen LogP contribution in [0.1, 0.15) is 18.5 Å². The standard InChI is InChI=1S/C13H21ClN2S/c1-10(15)13(16(2)7-8-17-3)11-5-4-6-12(14)9-11/h4-6,9-10,13H,7-8,15H2,1-3H3. The van der Waals surface area contributed by atoms with Crippen LogP contribution in [0.4, 0.5) is 0 Å². The van der Waals surface area contributed by atoms with Gasteiger partial charge in [0.05, 0.1) is 0 Å². The van der Waals surface area contributed by atoms with Crippen LogP contribution in [-0.4, -0.2) is 36.5 Å². The first kappa shape index (κ1) is 14.8. The van der Waals surface area contributed by atoms with E-state index in [1.54, 1.807) is 0 Å². The first-order chi connectivity index (χ1) is 8.06. The van der Waals surface area contributed by atoms with Crippen LogP contribution in [0.2, 0.25) is 5.02 Å². The molecule has 2 nitrogen and oxygen atoms in total. The molecule has 1 aromatic carbocycles. The molecule has 4 heteroatoms. The summed E-state index contributed by atoms with van der Waals surface area (Å²) in [5.74, 6) is 1.11. The van der Waals surface area contributed by atoms with Crippen molar-refractivity contribution >= 4 is 23.4 Å². The van der Waals surface area contributed by atoms with Gasteiger partial charge in [0.25, 0.3) is 0 Å². The first-order valence-electron chi connectivity index (χ1n) is 5.76. The van der Waals surface area contributed by atoms with Gasteiger partial charge in [-0.2, -0.15) is 11.8 Å². The number of likely N-dealkylation sites (N-methyl/N-ethyl adjacent to an activating group) is 1. The first-order valence-corrected chi connectivity index (χ1v) is 7.53. The van der Waals surface area contributed by atoms with Crippen molar-refractivity contribution in [2.75, 3.05) is 25.6 Å². The van der Waals surface area contributed by atoms with E-state index >= 15 is 0 Å². The molecular weight excluding hydrogens is 252 g/mol. The van der Waals surface area contributed by atoms with Crippen LogP contribution in [0.25, 0.3) is 0 Å². The fourth-order valence-electron chi connectivity index (χ4n) is 2.02. The van der Waals surface area contributed by atoms with Gasteiger partial charge in [-0.3, -0.25) is 4.90 Å². The van der Waals surface area contributed by atoms with E-state index < -0.39 is 0 Å². The lowest BCUT2D eigenvalue weighted by molar-refractivity contribution is 0.232. The molecule has 2 N–H and O–H groups in total. The molecule has 0 aliphatic carbocycles. The third-order valence-corrected chi connectivity index (χ3v) is 3.64. The molecule has 0 bridgehead atoms. The summed E-state index contributed by atoms with van der Waals surface area (Å²) in [5.41, 5.74) is 7.29. The van der Waals surface area contributed by atoms with Gasteiger partial charge in [0, 0.05) is 29.4 Å². The Balaban J connectivity index is 2.85. The van der Waals surface area contributed by atoms with E-state index in [1.165, 1.54) is 5.56 Å². The molecule has 2 atom stereocenters. The zero-order valence-electron chi connectivity index (χ0n) is 10.7. The van der Waals surface area contributed by atoms with E-state index in [0.29, 0.717) is 0 Å². The number of thioether (sulfide) groups is 1. The quantitative estimate of drug-likeness (QED) is 0.863. The Bertz CT molecular complexity index is 344. The lowest BCUT2D eigenvalue weighted by Gasteiger charge is -2.31. The van der Waals surface area contributed by atoms with Crippen LogP contribution in [0.5, 0.6) is 0 Å². The predicted molar refractivity (Wildman–Crippen MR) is 78.9 cm³/mol. The number of nitrogens with two attached hydrogens (primary N) is 1. The average Bonchev–Trinajstić information content (AvgIpc) is 2.26. The average molecular weight is 273 g/mol. The van der Waals surface area contributed by atoms with E-state index in [4.69, 9.17) is 17.3 Å². The lowest BCUT2D eigenvalue weighted by atomic mass is 10.00. The maximum absolute atomic E-state index is 6.10. The highest BCUT2D eigenvalue weighted by molar-refractivity contribution is 7.98. The number of hydrogen-bond acceptors (Lipinski definition) is 3. The number of benzene rings is 1. The molecule has 0 saturated carbocycles. The summed E-state index contributed by atoms with van der Waals surface area (Å²) in [6.45, 7) is 3.07.